The van der Waals surface area contributed by atoms with Crippen LogP contribution in [0.15, 0.2) is 79.0 Å². The molecule has 0 fully saturated rings. The van der Waals surface area contributed by atoms with E-state index < -0.39 is 0 Å². The Morgan fingerprint density at radius 1 is 0.850 bits per heavy atom. The van der Waals surface area contributed by atoms with Gasteiger partial charge in [-0.2, -0.15) is 0 Å². The van der Waals surface area contributed by atoms with Crippen LogP contribution in [-0.4, -0.2) is 46.2 Å². The van der Waals surface area contributed by atoms with E-state index in [4.69, 9.17) is 0 Å². The van der Waals surface area contributed by atoms with E-state index in [1.807, 2.05) is 54.4 Å². The molecule has 0 unspecified atom stereocenters. The fourth-order valence-electron chi connectivity index (χ4n) is 5.06. The minimum absolute atomic E-state index is 0.0298. The number of aromatic amines is 1. The molecule has 1 heterocycles. The van der Waals surface area contributed by atoms with Gasteiger partial charge >= 0.3 is 0 Å². The highest BCUT2D eigenvalue weighted by Crippen LogP contribution is 2.23. The number of aryl methyl sites for hydroxylation is 1. The lowest BCUT2D eigenvalue weighted by Gasteiger charge is -2.28. The second-order valence-electron chi connectivity index (χ2n) is 11.8. The molecular formula is C35H43N3O2. The lowest BCUT2D eigenvalue weighted by atomic mass is 9.87. The van der Waals surface area contributed by atoms with Gasteiger partial charge in [0.1, 0.15) is 6.54 Å². The van der Waals surface area contributed by atoms with Gasteiger partial charge in [0, 0.05) is 42.3 Å². The number of fused-ring (bicyclic) bond motifs is 1. The molecule has 0 radical (unpaired) electrons. The van der Waals surface area contributed by atoms with Crippen LogP contribution in [0.2, 0.25) is 0 Å². The zero-order valence-corrected chi connectivity index (χ0v) is 24.7. The molecule has 3 aromatic carbocycles. The number of H-pyrrole nitrogens is 1. The van der Waals surface area contributed by atoms with Crippen LogP contribution in [0.1, 0.15) is 73.1 Å². The number of nitrogens with one attached hydrogen (secondary N) is 1. The number of hydrogen-bond acceptors (Lipinski definition) is 2. The summed E-state index contributed by atoms with van der Waals surface area (Å²) in [6, 6.07) is 24.4. The summed E-state index contributed by atoms with van der Waals surface area (Å²) < 4.78 is 0. The Hall–Kier alpha value is -3.86. The van der Waals surface area contributed by atoms with Gasteiger partial charge in [-0.3, -0.25) is 9.59 Å². The number of carbonyl (C=O) groups excluding carboxylic acids is 2. The molecule has 0 saturated heterocycles. The molecule has 4 rings (SSSR count). The van der Waals surface area contributed by atoms with E-state index in [1.165, 1.54) is 16.5 Å². The van der Waals surface area contributed by atoms with Crippen LogP contribution >= 0.6 is 0 Å². The Kier molecular flexibility index (Phi) is 9.46. The normalized spacial score (nSPS) is 11.5. The highest BCUT2D eigenvalue weighted by molar-refractivity contribution is 5.97. The highest BCUT2D eigenvalue weighted by Gasteiger charge is 2.24. The van der Waals surface area contributed by atoms with Gasteiger partial charge in [-0.05, 0) is 59.6 Å². The number of rotatable bonds is 11. The van der Waals surface area contributed by atoms with Crippen molar-refractivity contribution in [3.05, 3.63) is 107 Å². The number of unbranched alkanes of at least 4 members (excludes halogenated alkanes) is 1. The first-order chi connectivity index (χ1) is 19.2. The van der Waals surface area contributed by atoms with Crippen LogP contribution in [0, 0.1) is 6.92 Å². The molecule has 1 aromatic heterocycles. The Balaban J connectivity index is 1.57. The standard InChI is InChI=1S/C35H43N3O2/c1-6-7-21-38(34(40)30-13-9-8-12-26(30)2)25-33(39)37(24-27-16-18-29(19-17-27)35(3,4)5)22-20-28-23-36-32-15-11-10-14-31(28)32/h8-19,23,36H,6-7,20-22,24-25H2,1-5H3. The lowest BCUT2D eigenvalue weighted by molar-refractivity contribution is -0.132. The molecule has 1 N–H and O–H groups in total. The Labute approximate surface area is 239 Å². The number of amides is 2. The molecule has 5 nitrogen and oxygen atoms in total. The second-order valence-corrected chi connectivity index (χ2v) is 11.8. The van der Waals surface area contributed by atoms with Crippen LogP contribution in [0.4, 0.5) is 0 Å². The third-order valence-corrected chi connectivity index (χ3v) is 7.64. The van der Waals surface area contributed by atoms with Crippen molar-refractivity contribution >= 4 is 22.7 Å². The number of benzene rings is 3. The molecule has 0 aliphatic carbocycles. The number of nitrogens with zero attached hydrogens (tertiary/aromatic N) is 2. The van der Waals surface area contributed by atoms with Gasteiger partial charge in [-0.15, -0.1) is 0 Å². The first-order valence-corrected chi connectivity index (χ1v) is 14.4. The fourth-order valence-corrected chi connectivity index (χ4v) is 5.06. The third-order valence-electron chi connectivity index (χ3n) is 7.64. The summed E-state index contributed by atoms with van der Waals surface area (Å²) >= 11 is 0. The van der Waals surface area contributed by atoms with Crippen molar-refractivity contribution in [1.29, 1.82) is 0 Å². The summed E-state index contributed by atoms with van der Waals surface area (Å²) in [6.07, 6.45) is 4.59. The molecule has 0 saturated carbocycles. The SMILES string of the molecule is CCCCN(CC(=O)N(CCc1c[nH]c2ccccc12)Cc1ccc(C(C)(C)C)cc1)C(=O)c1ccccc1C. The van der Waals surface area contributed by atoms with Crippen LogP contribution in [-0.2, 0) is 23.2 Å². The molecule has 0 atom stereocenters. The van der Waals surface area contributed by atoms with Gasteiger partial charge in [0.05, 0.1) is 0 Å². The highest BCUT2D eigenvalue weighted by atomic mass is 16.2. The van der Waals surface area contributed by atoms with Crippen molar-refractivity contribution in [2.24, 2.45) is 0 Å². The maximum atomic E-state index is 13.9. The lowest BCUT2D eigenvalue weighted by Crippen LogP contribution is -2.44. The van der Waals surface area contributed by atoms with Gasteiger partial charge < -0.3 is 14.8 Å². The number of aromatic nitrogens is 1. The molecule has 0 aliphatic rings. The zero-order valence-electron chi connectivity index (χ0n) is 24.7. The molecule has 0 spiro atoms. The average molecular weight is 538 g/mol. The Morgan fingerprint density at radius 3 is 2.25 bits per heavy atom. The van der Waals surface area contributed by atoms with Crippen molar-refractivity contribution in [3.63, 3.8) is 0 Å². The molecule has 2 amide bonds. The van der Waals surface area contributed by atoms with Gasteiger partial charge in [-0.1, -0.05) is 94.8 Å². The number of hydrogen-bond donors (Lipinski definition) is 1. The van der Waals surface area contributed by atoms with Gasteiger partial charge in [0.25, 0.3) is 5.91 Å². The summed E-state index contributed by atoms with van der Waals surface area (Å²) in [4.78, 5) is 34.5. The van der Waals surface area contributed by atoms with E-state index in [1.54, 1.807) is 4.90 Å². The van der Waals surface area contributed by atoms with Crippen molar-refractivity contribution in [1.82, 2.24) is 14.8 Å². The summed E-state index contributed by atoms with van der Waals surface area (Å²) in [7, 11) is 0. The van der Waals surface area contributed by atoms with Gasteiger partial charge in [0.15, 0.2) is 0 Å². The summed E-state index contributed by atoms with van der Waals surface area (Å²) in [5, 5.41) is 1.18. The smallest absolute Gasteiger partial charge is 0.254 e. The molecule has 5 heteroatoms. The van der Waals surface area contributed by atoms with Gasteiger partial charge in [0.2, 0.25) is 5.91 Å². The molecule has 40 heavy (non-hydrogen) atoms. The van der Waals surface area contributed by atoms with Crippen LogP contribution < -0.4 is 0 Å². The largest absolute Gasteiger partial charge is 0.361 e. The fraction of sp³-hybridized carbons (Fsp3) is 0.371. The summed E-state index contributed by atoms with van der Waals surface area (Å²) in [6.45, 7) is 12.4. The second kappa shape index (κ2) is 13.0. The predicted molar refractivity (Wildman–Crippen MR) is 165 cm³/mol. The number of para-hydroxylation sites is 1. The minimum atomic E-state index is -0.0778. The van der Waals surface area contributed by atoms with E-state index >= 15 is 0 Å². The third kappa shape index (κ3) is 7.20. The van der Waals surface area contributed by atoms with E-state index in [-0.39, 0.29) is 23.8 Å². The number of carbonyl (C=O) groups is 2. The first kappa shape index (κ1) is 29.1. The van der Waals surface area contributed by atoms with Crippen molar-refractivity contribution in [2.75, 3.05) is 19.6 Å². The Morgan fingerprint density at radius 2 is 1.55 bits per heavy atom. The van der Waals surface area contributed by atoms with Crippen LogP contribution in [0.3, 0.4) is 0 Å². The van der Waals surface area contributed by atoms with E-state index in [0.29, 0.717) is 25.2 Å². The summed E-state index contributed by atoms with van der Waals surface area (Å²) in [5.74, 6) is -0.108. The van der Waals surface area contributed by atoms with E-state index in [2.05, 4.69) is 69.1 Å². The molecular weight excluding hydrogens is 494 g/mol. The minimum Gasteiger partial charge on any atom is -0.361 e. The molecule has 0 aliphatic heterocycles. The van der Waals surface area contributed by atoms with E-state index in [9.17, 15) is 9.59 Å². The topological polar surface area (TPSA) is 56.4 Å². The van der Waals surface area contributed by atoms with Gasteiger partial charge in [-0.25, -0.2) is 0 Å². The quantitative estimate of drug-likeness (QED) is 0.218. The van der Waals surface area contributed by atoms with Crippen molar-refractivity contribution in [2.45, 2.75) is 65.8 Å². The Bertz CT molecular complexity index is 1430. The first-order valence-electron chi connectivity index (χ1n) is 14.4. The van der Waals surface area contributed by atoms with Crippen molar-refractivity contribution < 1.29 is 9.59 Å². The average Bonchev–Trinajstić information content (AvgIpc) is 3.36. The molecule has 0 bridgehead atoms. The maximum absolute atomic E-state index is 13.9. The monoisotopic (exact) mass is 537 g/mol. The molecule has 210 valence electrons. The van der Waals surface area contributed by atoms with Crippen LogP contribution in [0.5, 0.6) is 0 Å². The van der Waals surface area contributed by atoms with Crippen molar-refractivity contribution in [3.8, 4) is 0 Å². The van der Waals surface area contributed by atoms with E-state index in [0.717, 1.165) is 35.9 Å². The zero-order chi connectivity index (χ0) is 28.7. The molecule has 4 aromatic rings. The predicted octanol–water partition coefficient (Wildman–Crippen LogP) is 7.29. The van der Waals surface area contributed by atoms with Crippen LogP contribution in [0.25, 0.3) is 10.9 Å². The maximum Gasteiger partial charge on any atom is 0.254 e. The summed E-state index contributed by atoms with van der Waals surface area (Å²) in [5.41, 5.74) is 6.30.